The molecule has 5 rings (SSSR count). The lowest BCUT2D eigenvalue weighted by molar-refractivity contribution is 0.400. The molecule has 2 unspecified atom stereocenters. The molecule has 9 heteroatoms. The number of nitrogens with two attached hydrogens (primary N) is 1. The molecule has 3 aromatic heterocycles. The molecule has 29 heavy (non-hydrogen) atoms. The first-order chi connectivity index (χ1) is 14.1. The molecular formula is C20H24N8O. The second-order valence-corrected chi connectivity index (χ2v) is 7.83. The summed E-state index contributed by atoms with van der Waals surface area (Å²) in [4.78, 5) is 7.02. The molecule has 2 saturated heterocycles. The van der Waals surface area contributed by atoms with Crippen LogP contribution in [0.4, 0.5) is 5.82 Å². The van der Waals surface area contributed by atoms with Crippen molar-refractivity contribution in [3.05, 3.63) is 30.5 Å². The molecular weight excluding hydrogens is 368 g/mol. The molecule has 2 fully saturated rings. The Kier molecular flexibility index (Phi) is 4.39. The predicted molar refractivity (Wildman–Crippen MR) is 108 cm³/mol. The van der Waals surface area contributed by atoms with Crippen LogP contribution in [0.15, 0.2) is 30.5 Å². The van der Waals surface area contributed by atoms with Crippen LogP contribution in [0.2, 0.25) is 0 Å². The summed E-state index contributed by atoms with van der Waals surface area (Å²) in [5.41, 5.74) is 9.10. The monoisotopic (exact) mass is 392 g/mol. The number of ether oxygens (including phenoxy) is 1. The van der Waals surface area contributed by atoms with Gasteiger partial charge in [-0.05, 0) is 49.9 Å². The van der Waals surface area contributed by atoms with Crippen molar-refractivity contribution in [2.24, 2.45) is 12.8 Å². The van der Waals surface area contributed by atoms with Crippen molar-refractivity contribution in [1.29, 1.82) is 0 Å². The van der Waals surface area contributed by atoms with E-state index in [4.69, 9.17) is 10.5 Å². The van der Waals surface area contributed by atoms with E-state index >= 15 is 0 Å². The predicted octanol–water partition coefficient (Wildman–Crippen LogP) is 1.80. The smallest absolute Gasteiger partial charge is 0.223 e. The Morgan fingerprint density at radius 1 is 0.966 bits per heavy atom. The topological polar surface area (TPSA) is 108 Å². The number of piperidine rings is 1. The lowest BCUT2D eigenvalue weighted by atomic mass is 9.98. The third-order valence-electron chi connectivity index (χ3n) is 5.88. The average Bonchev–Trinajstić information content (AvgIpc) is 3.28. The van der Waals surface area contributed by atoms with Gasteiger partial charge in [-0.1, -0.05) is 5.21 Å². The van der Waals surface area contributed by atoms with Crippen LogP contribution in [0.5, 0.6) is 5.88 Å². The Balaban J connectivity index is 1.42. The number of rotatable bonds is 4. The van der Waals surface area contributed by atoms with Crippen molar-refractivity contribution in [3.8, 4) is 28.5 Å². The normalized spacial score (nSPS) is 23.4. The van der Waals surface area contributed by atoms with Gasteiger partial charge in [0.25, 0.3) is 0 Å². The van der Waals surface area contributed by atoms with Crippen molar-refractivity contribution in [3.63, 3.8) is 0 Å². The highest BCUT2D eigenvalue weighted by atomic mass is 16.5. The molecule has 2 atom stereocenters. The minimum absolute atomic E-state index is 0.306. The molecule has 0 aliphatic carbocycles. The number of nitrogens with zero attached hydrogens (tertiary/aromatic N) is 7. The van der Waals surface area contributed by atoms with Crippen molar-refractivity contribution >= 4 is 5.82 Å². The second-order valence-electron chi connectivity index (χ2n) is 7.83. The number of methoxy groups -OCH3 is 1. The van der Waals surface area contributed by atoms with Crippen molar-refractivity contribution in [2.45, 2.75) is 43.8 Å². The number of hydrogen-bond acceptors (Lipinski definition) is 8. The maximum absolute atomic E-state index is 6.19. The molecule has 2 aliphatic heterocycles. The van der Waals surface area contributed by atoms with Gasteiger partial charge in [-0.25, -0.2) is 4.98 Å². The van der Waals surface area contributed by atoms with E-state index in [1.165, 1.54) is 12.8 Å². The van der Waals surface area contributed by atoms with Crippen LogP contribution in [-0.2, 0) is 7.05 Å². The fraction of sp³-hybridized carbons (Fsp3) is 0.450. The Hall–Kier alpha value is -3.07. The van der Waals surface area contributed by atoms with Crippen LogP contribution in [-0.4, -0.2) is 55.4 Å². The third kappa shape index (κ3) is 3.21. The molecule has 9 nitrogen and oxygen atoms in total. The largest absolute Gasteiger partial charge is 0.480 e. The number of hydrogen-bond donors (Lipinski definition) is 1. The SMILES string of the molecule is COc1nc(-c2ccc(N3C4CCC3CC(N)C4)nn2)ccc1-c1cn(C)nn1. The van der Waals surface area contributed by atoms with Gasteiger partial charge < -0.3 is 15.4 Å². The molecule has 150 valence electrons. The molecule has 2 aliphatic rings. The fourth-order valence-electron chi connectivity index (χ4n) is 4.60. The molecule has 0 spiro atoms. The Bertz CT molecular complexity index is 1000. The molecule has 0 radical (unpaired) electrons. The Labute approximate surface area is 168 Å². The summed E-state index contributed by atoms with van der Waals surface area (Å²) in [5, 5.41) is 17.1. The first kappa shape index (κ1) is 18.0. The Morgan fingerprint density at radius 2 is 1.72 bits per heavy atom. The molecule has 3 aromatic rings. The summed E-state index contributed by atoms with van der Waals surface area (Å²) < 4.78 is 7.13. The highest BCUT2D eigenvalue weighted by Gasteiger charge is 2.40. The quantitative estimate of drug-likeness (QED) is 0.716. The molecule has 2 N–H and O–H groups in total. The molecule has 0 aromatic carbocycles. The van der Waals surface area contributed by atoms with Crippen molar-refractivity contribution in [2.75, 3.05) is 12.0 Å². The highest BCUT2D eigenvalue weighted by molar-refractivity contribution is 5.68. The molecule has 2 bridgehead atoms. The number of aromatic nitrogens is 6. The van der Waals surface area contributed by atoms with Gasteiger partial charge >= 0.3 is 0 Å². The first-order valence-corrected chi connectivity index (χ1v) is 9.92. The standard InChI is InChI=1S/C20H24N8O/c1-27-11-18(24-26-27)15-5-6-16(22-20(15)29-2)17-7-8-19(25-23-17)28-13-3-4-14(28)10-12(21)9-13/h5-8,11-14H,3-4,9-10,21H2,1-2H3. The zero-order valence-electron chi connectivity index (χ0n) is 16.6. The van der Waals surface area contributed by atoms with Crippen LogP contribution in [0.1, 0.15) is 25.7 Å². The van der Waals surface area contributed by atoms with Gasteiger partial charge in [0.05, 0.1) is 24.6 Å². The zero-order chi connectivity index (χ0) is 20.0. The van der Waals surface area contributed by atoms with E-state index in [-0.39, 0.29) is 0 Å². The minimum atomic E-state index is 0.306. The lowest BCUT2D eigenvalue weighted by Gasteiger charge is -2.38. The van der Waals surface area contributed by atoms with Gasteiger partial charge in [-0.2, -0.15) is 0 Å². The number of anilines is 1. The highest BCUT2D eigenvalue weighted by Crippen LogP contribution is 2.38. The summed E-state index contributed by atoms with van der Waals surface area (Å²) in [6.07, 6.45) is 6.26. The molecule has 0 saturated carbocycles. The summed E-state index contributed by atoms with van der Waals surface area (Å²) in [6, 6.07) is 9.10. The lowest BCUT2D eigenvalue weighted by Crippen LogP contribution is -2.47. The third-order valence-corrected chi connectivity index (χ3v) is 5.88. The van der Waals surface area contributed by atoms with E-state index in [9.17, 15) is 0 Å². The van der Waals surface area contributed by atoms with Gasteiger partial charge in [0.1, 0.15) is 11.4 Å². The number of aryl methyl sites for hydroxylation is 1. The van der Waals surface area contributed by atoms with E-state index < -0.39 is 0 Å². The van der Waals surface area contributed by atoms with E-state index in [1.54, 1.807) is 11.8 Å². The van der Waals surface area contributed by atoms with Crippen molar-refractivity contribution in [1.82, 2.24) is 30.2 Å². The number of pyridine rings is 1. The summed E-state index contributed by atoms with van der Waals surface area (Å²) in [7, 11) is 3.42. The minimum Gasteiger partial charge on any atom is -0.480 e. The van der Waals surface area contributed by atoms with Crippen LogP contribution < -0.4 is 15.4 Å². The summed E-state index contributed by atoms with van der Waals surface area (Å²) in [6.45, 7) is 0. The Morgan fingerprint density at radius 3 is 2.34 bits per heavy atom. The van der Waals surface area contributed by atoms with Gasteiger partial charge in [-0.15, -0.1) is 15.3 Å². The van der Waals surface area contributed by atoms with Gasteiger partial charge in [0, 0.05) is 25.2 Å². The average molecular weight is 392 g/mol. The summed E-state index contributed by atoms with van der Waals surface area (Å²) in [5.74, 6) is 1.41. The second kappa shape index (κ2) is 7.07. The van der Waals surface area contributed by atoms with Crippen molar-refractivity contribution < 1.29 is 4.74 Å². The molecule has 5 heterocycles. The van der Waals surface area contributed by atoms with Gasteiger partial charge in [0.15, 0.2) is 5.82 Å². The van der Waals surface area contributed by atoms with E-state index in [1.807, 2.05) is 37.5 Å². The number of fused-ring (bicyclic) bond motifs is 2. The fourth-order valence-corrected chi connectivity index (χ4v) is 4.60. The zero-order valence-corrected chi connectivity index (χ0v) is 16.6. The van der Waals surface area contributed by atoms with E-state index in [2.05, 4.69) is 30.4 Å². The van der Waals surface area contributed by atoms with E-state index in [0.29, 0.717) is 41.1 Å². The van der Waals surface area contributed by atoms with Crippen LogP contribution in [0.3, 0.4) is 0 Å². The van der Waals surface area contributed by atoms with Gasteiger partial charge in [-0.3, -0.25) is 4.68 Å². The molecule has 0 amide bonds. The van der Waals surface area contributed by atoms with E-state index in [0.717, 1.165) is 24.2 Å². The summed E-state index contributed by atoms with van der Waals surface area (Å²) >= 11 is 0. The van der Waals surface area contributed by atoms with Gasteiger partial charge in [0.2, 0.25) is 5.88 Å². The maximum atomic E-state index is 6.19. The first-order valence-electron chi connectivity index (χ1n) is 9.92. The maximum Gasteiger partial charge on any atom is 0.223 e. The van der Waals surface area contributed by atoms with Crippen LogP contribution in [0, 0.1) is 0 Å². The van der Waals surface area contributed by atoms with Crippen LogP contribution in [0.25, 0.3) is 22.6 Å². The van der Waals surface area contributed by atoms with Crippen LogP contribution >= 0.6 is 0 Å².